The van der Waals surface area contributed by atoms with Crippen molar-refractivity contribution in [3.8, 4) is 0 Å². The van der Waals surface area contributed by atoms with E-state index in [-0.39, 0.29) is 5.97 Å². The number of benzene rings is 1. The summed E-state index contributed by atoms with van der Waals surface area (Å²) in [6, 6.07) is 7.51. The number of hydrogen-bond donors (Lipinski definition) is 1. The number of ether oxygens (including phenoxy) is 1. The summed E-state index contributed by atoms with van der Waals surface area (Å²) in [4.78, 5) is 11.4. The van der Waals surface area contributed by atoms with Crippen molar-refractivity contribution >= 4 is 11.7 Å². The van der Waals surface area contributed by atoms with Gasteiger partial charge >= 0.3 is 5.97 Å². The van der Waals surface area contributed by atoms with E-state index in [4.69, 9.17) is 5.21 Å². The van der Waals surface area contributed by atoms with Crippen molar-refractivity contribution in [3.05, 3.63) is 35.4 Å². The molecule has 1 unspecified atom stereocenters. The predicted octanol–water partition coefficient (Wildman–Crippen LogP) is 1.21. The lowest BCUT2D eigenvalue weighted by Crippen LogP contribution is -2.22. The van der Waals surface area contributed by atoms with Gasteiger partial charge < -0.3 is 9.94 Å². The molecule has 0 saturated carbocycles. The van der Waals surface area contributed by atoms with Crippen LogP contribution in [0.25, 0.3) is 0 Å². The summed E-state index contributed by atoms with van der Waals surface area (Å²) >= 11 is 0. The Morgan fingerprint density at radius 2 is 2.27 bits per heavy atom. The van der Waals surface area contributed by atoms with Crippen LogP contribution in [0.3, 0.4) is 0 Å². The smallest absolute Gasteiger partial charge is 0.315 e. The van der Waals surface area contributed by atoms with E-state index < -0.39 is 5.92 Å². The maximum Gasteiger partial charge on any atom is 0.315 e. The van der Waals surface area contributed by atoms with Crippen molar-refractivity contribution in [2.75, 3.05) is 7.11 Å². The fraction of sp³-hybridized carbons (Fsp3) is 0.273. The number of oxime groups is 1. The van der Waals surface area contributed by atoms with Crippen molar-refractivity contribution in [3.63, 3.8) is 0 Å². The van der Waals surface area contributed by atoms with Crippen LogP contribution in [-0.2, 0) is 16.0 Å². The van der Waals surface area contributed by atoms with Crippen LogP contribution in [0.4, 0.5) is 0 Å². The number of fused-ring (bicyclic) bond motifs is 1. The second-order valence-electron chi connectivity index (χ2n) is 3.42. The average Bonchev–Trinajstić information content (AvgIpc) is 2.66. The topological polar surface area (TPSA) is 58.9 Å². The zero-order valence-electron chi connectivity index (χ0n) is 8.30. The number of hydrogen-bond acceptors (Lipinski definition) is 4. The highest BCUT2D eigenvalue weighted by Crippen LogP contribution is 2.27. The van der Waals surface area contributed by atoms with Crippen molar-refractivity contribution in [1.82, 2.24) is 0 Å². The molecule has 2 rings (SSSR count). The molecule has 1 N–H and O–H groups in total. The highest BCUT2D eigenvalue weighted by atomic mass is 16.5. The molecule has 0 aliphatic heterocycles. The van der Waals surface area contributed by atoms with Gasteiger partial charge in [-0.15, -0.1) is 0 Å². The fourth-order valence-corrected chi connectivity index (χ4v) is 1.91. The van der Waals surface area contributed by atoms with Crippen LogP contribution in [0, 0.1) is 5.92 Å². The molecule has 1 aliphatic carbocycles. The Bertz CT molecular complexity index is 426. The zero-order chi connectivity index (χ0) is 10.8. The van der Waals surface area contributed by atoms with E-state index in [2.05, 4.69) is 9.89 Å². The Morgan fingerprint density at radius 3 is 2.93 bits per heavy atom. The van der Waals surface area contributed by atoms with Crippen LogP contribution >= 0.6 is 0 Å². The van der Waals surface area contributed by atoms with Gasteiger partial charge in [-0.3, -0.25) is 4.79 Å². The summed E-state index contributed by atoms with van der Waals surface area (Å²) in [7, 11) is 1.33. The first-order valence-electron chi connectivity index (χ1n) is 4.66. The third-order valence-corrected chi connectivity index (χ3v) is 2.64. The highest BCUT2D eigenvalue weighted by Gasteiger charge is 2.34. The Morgan fingerprint density at radius 1 is 1.53 bits per heavy atom. The highest BCUT2D eigenvalue weighted by molar-refractivity contribution is 6.15. The van der Waals surface area contributed by atoms with Gasteiger partial charge in [-0.25, -0.2) is 0 Å². The van der Waals surface area contributed by atoms with E-state index in [0.717, 1.165) is 11.1 Å². The van der Waals surface area contributed by atoms with E-state index >= 15 is 0 Å². The van der Waals surface area contributed by atoms with Crippen LogP contribution in [-0.4, -0.2) is 24.0 Å². The summed E-state index contributed by atoms with van der Waals surface area (Å²) in [6.07, 6.45) is 0.544. The Labute approximate surface area is 87.2 Å². The minimum absolute atomic E-state index is 0.362. The maximum atomic E-state index is 11.4. The average molecular weight is 205 g/mol. The van der Waals surface area contributed by atoms with E-state index in [1.807, 2.05) is 24.3 Å². The molecule has 0 fully saturated rings. The molecule has 15 heavy (non-hydrogen) atoms. The van der Waals surface area contributed by atoms with Gasteiger partial charge in [0.2, 0.25) is 0 Å². The molecule has 4 nitrogen and oxygen atoms in total. The Kier molecular flexibility index (Phi) is 2.41. The molecule has 0 saturated heterocycles. The van der Waals surface area contributed by atoms with Crippen molar-refractivity contribution in [2.45, 2.75) is 6.42 Å². The van der Waals surface area contributed by atoms with Crippen LogP contribution < -0.4 is 0 Å². The number of esters is 1. The molecule has 1 aromatic carbocycles. The van der Waals surface area contributed by atoms with Gasteiger partial charge in [0.25, 0.3) is 0 Å². The zero-order valence-corrected chi connectivity index (χ0v) is 8.30. The molecule has 1 aliphatic rings. The molecule has 0 radical (unpaired) electrons. The van der Waals surface area contributed by atoms with Gasteiger partial charge in [0.05, 0.1) is 7.11 Å². The monoisotopic (exact) mass is 205 g/mol. The molecule has 78 valence electrons. The van der Waals surface area contributed by atoms with Gasteiger partial charge in [-0.2, -0.15) is 0 Å². The number of nitrogens with zero attached hydrogens (tertiary/aromatic N) is 1. The molecular weight excluding hydrogens is 194 g/mol. The quantitative estimate of drug-likeness (QED) is 0.426. The van der Waals surface area contributed by atoms with Crippen LogP contribution in [0.2, 0.25) is 0 Å². The Balaban J connectivity index is 2.42. The summed E-state index contributed by atoms with van der Waals surface area (Å²) in [6.45, 7) is 0. The second kappa shape index (κ2) is 3.73. The van der Waals surface area contributed by atoms with E-state index in [9.17, 15) is 4.79 Å². The molecule has 0 amide bonds. The minimum Gasteiger partial charge on any atom is -0.468 e. The largest absolute Gasteiger partial charge is 0.468 e. The van der Waals surface area contributed by atoms with Crippen molar-refractivity contribution in [1.29, 1.82) is 0 Å². The first-order valence-corrected chi connectivity index (χ1v) is 4.66. The van der Waals surface area contributed by atoms with Gasteiger partial charge in [0.15, 0.2) is 0 Å². The fourth-order valence-electron chi connectivity index (χ4n) is 1.91. The number of carbonyl (C=O) groups is 1. The van der Waals surface area contributed by atoms with E-state index in [1.54, 1.807) is 0 Å². The van der Waals surface area contributed by atoms with Crippen molar-refractivity contribution in [2.24, 2.45) is 11.1 Å². The van der Waals surface area contributed by atoms with Crippen LogP contribution in [0.1, 0.15) is 11.1 Å². The summed E-state index contributed by atoms with van der Waals surface area (Å²) in [5.74, 6) is -0.837. The lowest BCUT2D eigenvalue weighted by Gasteiger charge is -2.06. The van der Waals surface area contributed by atoms with E-state index in [0.29, 0.717) is 12.1 Å². The van der Waals surface area contributed by atoms with Crippen molar-refractivity contribution < 1.29 is 14.7 Å². The third kappa shape index (κ3) is 1.48. The first-order chi connectivity index (χ1) is 7.27. The third-order valence-electron chi connectivity index (χ3n) is 2.64. The minimum atomic E-state index is -0.475. The number of methoxy groups -OCH3 is 1. The lowest BCUT2D eigenvalue weighted by atomic mass is 10.1. The Hall–Kier alpha value is -1.84. The molecule has 0 heterocycles. The standard InChI is InChI=1S/C11H11NO3/c1-15-11(13)9-6-7-4-2-3-5-8(7)10(9)12-14/h2-5,9,14H,6H2,1H3/b12-10-. The summed E-state index contributed by atoms with van der Waals surface area (Å²) in [5.41, 5.74) is 2.24. The van der Waals surface area contributed by atoms with Crippen LogP contribution in [0.5, 0.6) is 0 Å². The van der Waals surface area contributed by atoms with Gasteiger partial charge in [-0.05, 0) is 12.0 Å². The molecule has 0 spiro atoms. The lowest BCUT2D eigenvalue weighted by molar-refractivity contribution is -0.142. The van der Waals surface area contributed by atoms with Gasteiger partial charge in [0.1, 0.15) is 11.6 Å². The van der Waals surface area contributed by atoms with E-state index in [1.165, 1.54) is 7.11 Å². The molecule has 1 aromatic rings. The number of carbonyl (C=O) groups excluding carboxylic acids is 1. The summed E-state index contributed by atoms with van der Waals surface area (Å²) in [5, 5.41) is 12.1. The molecule has 0 aromatic heterocycles. The molecule has 4 heteroatoms. The SMILES string of the molecule is COC(=O)C1Cc2ccccc2/C1=N/O. The number of rotatable bonds is 1. The molecule has 1 atom stereocenters. The first kappa shape index (κ1) is 9.71. The molecular formula is C11H11NO3. The summed E-state index contributed by atoms with van der Waals surface area (Å²) < 4.78 is 4.67. The normalized spacial score (nSPS) is 21.4. The second-order valence-corrected chi connectivity index (χ2v) is 3.42. The van der Waals surface area contributed by atoms with Crippen LogP contribution in [0.15, 0.2) is 29.4 Å². The maximum absolute atomic E-state index is 11.4. The predicted molar refractivity (Wildman–Crippen MR) is 54.0 cm³/mol. The van der Waals surface area contributed by atoms with Gasteiger partial charge in [-0.1, -0.05) is 29.4 Å². The van der Waals surface area contributed by atoms with Gasteiger partial charge in [0, 0.05) is 5.56 Å². The molecule has 0 bridgehead atoms.